The largest absolute Gasteiger partial charge is 0.467 e. The SMILES string of the molecule is CCC=CCC=CCC=CCC=CCC=CCCCC(=O)NCCC[C@H](NC(=O)CCCC=CCC=CCC=CCC=CCC=CCC)C(=O)OC. The summed E-state index contributed by atoms with van der Waals surface area (Å²) >= 11 is 0. The Morgan fingerprint density at radius 3 is 1.19 bits per heavy atom. The quantitative estimate of drug-likeness (QED) is 0.0413. The molecule has 0 aliphatic carbocycles. The summed E-state index contributed by atoms with van der Waals surface area (Å²) in [7, 11) is 1.32. The first kappa shape index (κ1) is 47.8. The van der Waals surface area contributed by atoms with E-state index in [1.165, 1.54) is 7.11 Å². The fraction of sp³-hybridized carbons (Fsp3) is 0.500. The maximum Gasteiger partial charge on any atom is 0.328 e. The molecule has 0 aliphatic heterocycles. The molecule has 2 amide bonds. The van der Waals surface area contributed by atoms with Gasteiger partial charge in [0.15, 0.2) is 0 Å². The van der Waals surface area contributed by atoms with Gasteiger partial charge in [-0.15, -0.1) is 0 Å². The summed E-state index contributed by atoms with van der Waals surface area (Å²) in [6.07, 6.45) is 58.1. The first-order valence-corrected chi connectivity index (χ1v) is 19.7. The smallest absolute Gasteiger partial charge is 0.328 e. The number of carbonyl (C=O) groups is 3. The van der Waals surface area contributed by atoms with Crippen LogP contribution in [0.2, 0.25) is 0 Å². The molecule has 0 aromatic rings. The summed E-state index contributed by atoms with van der Waals surface area (Å²) in [5, 5.41) is 5.72. The van der Waals surface area contributed by atoms with Crippen LogP contribution in [0, 0.1) is 0 Å². The van der Waals surface area contributed by atoms with Crippen LogP contribution in [-0.2, 0) is 19.1 Å². The molecule has 0 aliphatic rings. The second kappa shape index (κ2) is 39.6. The third-order valence-electron chi connectivity index (χ3n) is 7.68. The minimum absolute atomic E-state index is 0.000972. The number of hydrogen-bond acceptors (Lipinski definition) is 4. The molecule has 0 heterocycles. The van der Waals surface area contributed by atoms with Crippen LogP contribution in [0.25, 0.3) is 0 Å². The number of unbranched alkanes of at least 4 members (excludes halogenated alkanes) is 2. The van der Waals surface area contributed by atoms with Gasteiger partial charge in [-0.05, 0) is 103 Å². The van der Waals surface area contributed by atoms with E-state index in [4.69, 9.17) is 4.74 Å². The Bertz CT molecular complexity index is 1200. The molecule has 2 N–H and O–H groups in total. The van der Waals surface area contributed by atoms with E-state index in [1.807, 2.05) is 0 Å². The van der Waals surface area contributed by atoms with Crippen molar-refractivity contribution in [1.82, 2.24) is 10.6 Å². The van der Waals surface area contributed by atoms with Crippen LogP contribution in [-0.4, -0.2) is 37.5 Å². The first-order chi connectivity index (χ1) is 25.5. The standard InChI is InChI=1S/C46H70N2O4/c1-4-6-8-10-12-14-16-18-20-22-24-26-28-30-32-34-36-40-44(49)47-42-38-39-43(46(51)52-3)48-45(50)41-37-35-33-31-29-27-25-23-21-19-17-15-13-11-9-7-5-2/h6-9,12-15,18-21,24-27,30-33,43H,4-5,10-11,16-17,22-23,28-29,34-42H2,1-3H3,(H,47,49)(H,48,50)/t43-/m0/s1. The molecule has 0 fully saturated rings. The van der Waals surface area contributed by atoms with Crippen LogP contribution in [0.5, 0.6) is 0 Å². The number of rotatable bonds is 32. The number of methoxy groups -OCH3 is 1. The molecule has 0 aromatic heterocycles. The normalized spacial score (nSPS) is 13.4. The highest BCUT2D eigenvalue weighted by Gasteiger charge is 2.20. The lowest BCUT2D eigenvalue weighted by atomic mass is 10.1. The third kappa shape index (κ3) is 35.6. The molecule has 0 spiro atoms. The molecule has 1 atom stereocenters. The van der Waals surface area contributed by atoms with Gasteiger partial charge in [-0.2, -0.15) is 0 Å². The second-order valence-electron chi connectivity index (χ2n) is 12.3. The zero-order valence-corrected chi connectivity index (χ0v) is 32.7. The number of nitrogens with one attached hydrogen (secondary N) is 2. The number of allylic oxidation sites excluding steroid dienone is 20. The van der Waals surface area contributed by atoms with Crippen LogP contribution >= 0.6 is 0 Å². The van der Waals surface area contributed by atoms with Gasteiger partial charge in [-0.25, -0.2) is 4.79 Å². The lowest BCUT2D eigenvalue weighted by Gasteiger charge is -2.16. The van der Waals surface area contributed by atoms with E-state index in [0.717, 1.165) is 83.5 Å². The van der Waals surface area contributed by atoms with Crippen LogP contribution in [0.3, 0.4) is 0 Å². The fourth-order valence-corrected chi connectivity index (χ4v) is 4.78. The van der Waals surface area contributed by atoms with Crippen LogP contribution in [0.4, 0.5) is 0 Å². The van der Waals surface area contributed by atoms with Gasteiger partial charge in [-0.1, -0.05) is 135 Å². The average molecular weight is 715 g/mol. The van der Waals surface area contributed by atoms with E-state index >= 15 is 0 Å². The van der Waals surface area contributed by atoms with Gasteiger partial charge in [0.1, 0.15) is 6.04 Å². The predicted molar refractivity (Wildman–Crippen MR) is 223 cm³/mol. The number of esters is 1. The maximum absolute atomic E-state index is 12.5. The zero-order valence-electron chi connectivity index (χ0n) is 32.7. The Morgan fingerprint density at radius 2 is 0.827 bits per heavy atom. The lowest BCUT2D eigenvalue weighted by Crippen LogP contribution is -2.42. The third-order valence-corrected chi connectivity index (χ3v) is 7.68. The molecule has 6 nitrogen and oxygen atoms in total. The first-order valence-electron chi connectivity index (χ1n) is 19.7. The van der Waals surface area contributed by atoms with Crippen LogP contribution < -0.4 is 10.6 Å². The topological polar surface area (TPSA) is 84.5 Å². The Balaban J connectivity index is 3.99. The lowest BCUT2D eigenvalue weighted by molar-refractivity contribution is -0.145. The van der Waals surface area contributed by atoms with Crippen molar-refractivity contribution in [2.24, 2.45) is 0 Å². The molecule has 52 heavy (non-hydrogen) atoms. The Hall–Kier alpha value is -4.19. The van der Waals surface area contributed by atoms with Gasteiger partial charge >= 0.3 is 5.97 Å². The van der Waals surface area contributed by atoms with Crippen molar-refractivity contribution in [3.8, 4) is 0 Å². The van der Waals surface area contributed by atoms with Crippen molar-refractivity contribution in [3.05, 3.63) is 122 Å². The summed E-state index contributed by atoms with van der Waals surface area (Å²) in [5.74, 6) is -0.627. The van der Waals surface area contributed by atoms with Gasteiger partial charge in [-0.3, -0.25) is 9.59 Å². The van der Waals surface area contributed by atoms with E-state index in [-0.39, 0.29) is 11.8 Å². The van der Waals surface area contributed by atoms with Crippen molar-refractivity contribution >= 4 is 17.8 Å². The van der Waals surface area contributed by atoms with Crippen LogP contribution in [0.1, 0.15) is 129 Å². The second-order valence-corrected chi connectivity index (χ2v) is 12.3. The van der Waals surface area contributed by atoms with Gasteiger partial charge in [0, 0.05) is 19.4 Å². The molecular formula is C46H70N2O4. The minimum Gasteiger partial charge on any atom is -0.467 e. The van der Waals surface area contributed by atoms with Crippen molar-refractivity contribution in [3.63, 3.8) is 0 Å². The number of ether oxygens (including phenoxy) is 1. The van der Waals surface area contributed by atoms with E-state index in [0.29, 0.717) is 38.6 Å². The van der Waals surface area contributed by atoms with Crippen molar-refractivity contribution < 1.29 is 19.1 Å². The molecule has 0 rings (SSSR count). The van der Waals surface area contributed by atoms with Gasteiger partial charge in [0.25, 0.3) is 0 Å². The summed E-state index contributed by atoms with van der Waals surface area (Å²) in [5.41, 5.74) is 0. The molecule has 0 unspecified atom stereocenters. The molecule has 0 saturated carbocycles. The molecule has 6 heteroatoms. The molecule has 0 bridgehead atoms. The van der Waals surface area contributed by atoms with E-state index in [2.05, 4.69) is 146 Å². The van der Waals surface area contributed by atoms with E-state index in [1.54, 1.807) is 0 Å². The molecule has 0 aromatic carbocycles. The highest BCUT2D eigenvalue weighted by atomic mass is 16.5. The van der Waals surface area contributed by atoms with Gasteiger partial charge in [0.2, 0.25) is 11.8 Å². The van der Waals surface area contributed by atoms with Crippen molar-refractivity contribution in [2.75, 3.05) is 13.7 Å². The van der Waals surface area contributed by atoms with E-state index < -0.39 is 12.0 Å². The van der Waals surface area contributed by atoms with Crippen molar-refractivity contribution in [1.29, 1.82) is 0 Å². The minimum atomic E-state index is -0.710. The van der Waals surface area contributed by atoms with Crippen LogP contribution in [0.15, 0.2) is 122 Å². The molecular weight excluding hydrogens is 645 g/mol. The van der Waals surface area contributed by atoms with Gasteiger partial charge in [0.05, 0.1) is 7.11 Å². The molecule has 0 saturated heterocycles. The Labute approximate surface area is 317 Å². The summed E-state index contributed by atoms with van der Waals surface area (Å²) in [6.45, 7) is 4.74. The van der Waals surface area contributed by atoms with E-state index in [9.17, 15) is 14.4 Å². The number of hydrogen-bond donors (Lipinski definition) is 2. The zero-order chi connectivity index (χ0) is 38.0. The van der Waals surface area contributed by atoms with Crippen molar-refractivity contribution in [2.45, 2.75) is 135 Å². The summed E-state index contributed by atoms with van der Waals surface area (Å²) < 4.78 is 4.89. The number of amides is 2. The fourth-order valence-electron chi connectivity index (χ4n) is 4.78. The monoisotopic (exact) mass is 715 g/mol. The summed E-state index contributed by atoms with van der Waals surface area (Å²) in [4.78, 5) is 36.9. The Morgan fingerprint density at radius 1 is 0.481 bits per heavy atom. The molecule has 0 radical (unpaired) electrons. The van der Waals surface area contributed by atoms with Gasteiger partial charge < -0.3 is 15.4 Å². The number of carbonyl (C=O) groups excluding carboxylic acids is 3. The maximum atomic E-state index is 12.5. The molecule has 288 valence electrons. The highest BCUT2D eigenvalue weighted by Crippen LogP contribution is 2.05. The highest BCUT2D eigenvalue weighted by molar-refractivity contribution is 5.84. The Kier molecular flexibility index (Phi) is 36.4. The summed E-state index contributed by atoms with van der Waals surface area (Å²) in [6, 6.07) is -0.710. The average Bonchev–Trinajstić information content (AvgIpc) is 3.15. The predicted octanol–water partition coefficient (Wildman–Crippen LogP) is 11.4.